The van der Waals surface area contributed by atoms with Gasteiger partial charge < -0.3 is 15.0 Å². The van der Waals surface area contributed by atoms with Gasteiger partial charge in [0, 0.05) is 25.4 Å². The van der Waals surface area contributed by atoms with Crippen LogP contribution in [0.15, 0.2) is 12.5 Å². The fourth-order valence-electron chi connectivity index (χ4n) is 2.05. The maximum Gasteiger partial charge on any atom is 0.0948 e. The first-order valence-corrected chi connectivity index (χ1v) is 5.64. The third-order valence-corrected chi connectivity index (χ3v) is 2.93. The Kier molecular flexibility index (Phi) is 3.38. The molecule has 84 valence electrons. The molecule has 1 aliphatic rings. The third-order valence-electron chi connectivity index (χ3n) is 2.93. The summed E-state index contributed by atoms with van der Waals surface area (Å²) < 4.78 is 7.72. The SMILES string of the molecule is C[C@H](N)c1cncn1CCC1CCCO1. The van der Waals surface area contributed by atoms with E-state index in [2.05, 4.69) is 9.55 Å². The van der Waals surface area contributed by atoms with Crippen molar-refractivity contribution in [3.05, 3.63) is 18.2 Å². The Hall–Kier alpha value is -0.870. The van der Waals surface area contributed by atoms with E-state index in [4.69, 9.17) is 10.5 Å². The summed E-state index contributed by atoms with van der Waals surface area (Å²) in [6.07, 6.45) is 7.61. The highest BCUT2D eigenvalue weighted by atomic mass is 16.5. The van der Waals surface area contributed by atoms with Gasteiger partial charge in [0.15, 0.2) is 0 Å². The van der Waals surface area contributed by atoms with Crippen LogP contribution in [0.25, 0.3) is 0 Å². The number of aromatic nitrogens is 2. The number of nitrogens with two attached hydrogens (primary N) is 1. The molecular formula is C11H19N3O. The number of hydrogen-bond donors (Lipinski definition) is 1. The van der Waals surface area contributed by atoms with Gasteiger partial charge in [-0.2, -0.15) is 0 Å². The quantitative estimate of drug-likeness (QED) is 0.817. The molecule has 1 aromatic rings. The fraction of sp³-hybridized carbons (Fsp3) is 0.727. The minimum atomic E-state index is 0.0528. The van der Waals surface area contributed by atoms with E-state index in [1.54, 1.807) is 0 Å². The molecule has 0 aromatic carbocycles. The molecule has 1 fully saturated rings. The van der Waals surface area contributed by atoms with Crippen LogP contribution in [-0.4, -0.2) is 22.3 Å². The van der Waals surface area contributed by atoms with Crippen molar-refractivity contribution in [1.29, 1.82) is 0 Å². The van der Waals surface area contributed by atoms with Gasteiger partial charge in [-0.15, -0.1) is 0 Å². The van der Waals surface area contributed by atoms with Crippen molar-refractivity contribution in [2.24, 2.45) is 5.73 Å². The van der Waals surface area contributed by atoms with Crippen molar-refractivity contribution in [2.75, 3.05) is 6.61 Å². The molecule has 1 unspecified atom stereocenters. The highest BCUT2D eigenvalue weighted by Gasteiger charge is 2.16. The first-order valence-electron chi connectivity index (χ1n) is 5.64. The van der Waals surface area contributed by atoms with Gasteiger partial charge in [0.05, 0.1) is 18.1 Å². The van der Waals surface area contributed by atoms with Gasteiger partial charge in [0.2, 0.25) is 0 Å². The summed E-state index contributed by atoms with van der Waals surface area (Å²) in [5, 5.41) is 0. The molecule has 4 nitrogen and oxygen atoms in total. The summed E-state index contributed by atoms with van der Waals surface area (Å²) in [5.74, 6) is 0. The second kappa shape index (κ2) is 4.77. The normalized spacial score (nSPS) is 23.2. The van der Waals surface area contributed by atoms with Crippen LogP contribution in [0, 0.1) is 0 Å². The molecule has 0 bridgehead atoms. The average molecular weight is 209 g/mol. The lowest BCUT2D eigenvalue weighted by atomic mass is 10.2. The van der Waals surface area contributed by atoms with Crippen LogP contribution in [0.1, 0.15) is 37.9 Å². The van der Waals surface area contributed by atoms with Crippen LogP contribution < -0.4 is 5.73 Å². The molecule has 1 saturated heterocycles. The Balaban J connectivity index is 1.89. The Labute approximate surface area is 90.4 Å². The molecule has 0 amide bonds. The van der Waals surface area contributed by atoms with Crippen LogP contribution in [0.4, 0.5) is 0 Å². The van der Waals surface area contributed by atoms with Crippen LogP contribution in [0.2, 0.25) is 0 Å². The van der Waals surface area contributed by atoms with E-state index >= 15 is 0 Å². The van der Waals surface area contributed by atoms with Gasteiger partial charge >= 0.3 is 0 Å². The molecule has 2 rings (SSSR count). The Morgan fingerprint density at radius 1 is 1.73 bits per heavy atom. The lowest BCUT2D eigenvalue weighted by Gasteiger charge is -2.13. The smallest absolute Gasteiger partial charge is 0.0948 e. The van der Waals surface area contributed by atoms with Gasteiger partial charge in [0.1, 0.15) is 0 Å². The number of aryl methyl sites for hydroxylation is 1. The van der Waals surface area contributed by atoms with Gasteiger partial charge in [-0.1, -0.05) is 0 Å². The van der Waals surface area contributed by atoms with Crippen LogP contribution in [0.5, 0.6) is 0 Å². The summed E-state index contributed by atoms with van der Waals surface area (Å²) in [6, 6.07) is 0.0528. The number of hydrogen-bond acceptors (Lipinski definition) is 3. The van der Waals surface area contributed by atoms with E-state index in [0.717, 1.165) is 25.3 Å². The van der Waals surface area contributed by atoms with E-state index in [1.165, 1.54) is 12.8 Å². The Morgan fingerprint density at radius 3 is 3.27 bits per heavy atom. The lowest BCUT2D eigenvalue weighted by Crippen LogP contribution is -2.15. The van der Waals surface area contributed by atoms with Gasteiger partial charge in [-0.3, -0.25) is 0 Å². The number of imidazole rings is 1. The molecule has 0 saturated carbocycles. The highest BCUT2D eigenvalue weighted by Crippen LogP contribution is 2.17. The summed E-state index contributed by atoms with van der Waals surface area (Å²) >= 11 is 0. The topological polar surface area (TPSA) is 53.1 Å². The zero-order chi connectivity index (χ0) is 10.7. The predicted molar refractivity (Wildman–Crippen MR) is 58.4 cm³/mol. The molecule has 0 radical (unpaired) electrons. The second-order valence-corrected chi connectivity index (χ2v) is 4.22. The maximum atomic E-state index is 5.85. The summed E-state index contributed by atoms with van der Waals surface area (Å²) in [7, 11) is 0. The molecule has 2 heterocycles. The van der Waals surface area contributed by atoms with Crippen molar-refractivity contribution in [3.63, 3.8) is 0 Å². The third kappa shape index (κ3) is 2.58. The van der Waals surface area contributed by atoms with Crippen molar-refractivity contribution in [2.45, 2.75) is 44.9 Å². The van der Waals surface area contributed by atoms with Crippen molar-refractivity contribution < 1.29 is 4.74 Å². The standard InChI is InChI=1S/C11H19N3O/c1-9(12)11-7-13-8-14(11)5-4-10-3-2-6-15-10/h7-10H,2-6,12H2,1H3/t9-,10?/m0/s1. The molecular weight excluding hydrogens is 190 g/mol. The van der Waals surface area contributed by atoms with Crippen molar-refractivity contribution >= 4 is 0 Å². The first-order chi connectivity index (χ1) is 7.27. The van der Waals surface area contributed by atoms with Crippen LogP contribution in [0.3, 0.4) is 0 Å². The zero-order valence-corrected chi connectivity index (χ0v) is 9.22. The molecule has 15 heavy (non-hydrogen) atoms. The lowest BCUT2D eigenvalue weighted by molar-refractivity contribution is 0.100. The molecule has 1 aliphatic heterocycles. The van der Waals surface area contributed by atoms with E-state index in [-0.39, 0.29) is 6.04 Å². The van der Waals surface area contributed by atoms with Crippen molar-refractivity contribution in [1.82, 2.24) is 9.55 Å². The van der Waals surface area contributed by atoms with E-state index in [9.17, 15) is 0 Å². The van der Waals surface area contributed by atoms with Gasteiger partial charge in [-0.25, -0.2) is 4.98 Å². The molecule has 4 heteroatoms. The molecule has 0 aliphatic carbocycles. The Bertz CT molecular complexity index is 303. The monoisotopic (exact) mass is 209 g/mol. The highest BCUT2D eigenvalue weighted by molar-refractivity contribution is 5.03. The van der Waals surface area contributed by atoms with Gasteiger partial charge in [0.25, 0.3) is 0 Å². The summed E-state index contributed by atoms with van der Waals surface area (Å²) in [6.45, 7) is 3.87. The minimum absolute atomic E-state index is 0.0528. The molecule has 2 N–H and O–H groups in total. The largest absolute Gasteiger partial charge is 0.378 e. The van der Waals surface area contributed by atoms with Crippen LogP contribution in [-0.2, 0) is 11.3 Å². The fourth-order valence-corrected chi connectivity index (χ4v) is 2.05. The maximum absolute atomic E-state index is 5.85. The molecule has 2 atom stereocenters. The number of nitrogens with zero attached hydrogens (tertiary/aromatic N) is 2. The van der Waals surface area contributed by atoms with E-state index < -0.39 is 0 Å². The zero-order valence-electron chi connectivity index (χ0n) is 9.22. The van der Waals surface area contributed by atoms with Gasteiger partial charge in [-0.05, 0) is 26.2 Å². The summed E-state index contributed by atoms with van der Waals surface area (Å²) in [4.78, 5) is 4.13. The number of rotatable bonds is 4. The predicted octanol–water partition coefficient (Wildman–Crippen LogP) is 1.47. The average Bonchev–Trinajstić information content (AvgIpc) is 2.86. The van der Waals surface area contributed by atoms with Crippen molar-refractivity contribution in [3.8, 4) is 0 Å². The van der Waals surface area contributed by atoms with E-state index in [1.807, 2.05) is 19.4 Å². The molecule has 0 spiro atoms. The van der Waals surface area contributed by atoms with E-state index in [0.29, 0.717) is 6.10 Å². The number of ether oxygens (including phenoxy) is 1. The first kappa shape index (κ1) is 10.6. The summed E-state index contributed by atoms with van der Waals surface area (Å²) in [5.41, 5.74) is 6.96. The Morgan fingerprint density at radius 2 is 2.60 bits per heavy atom. The molecule has 1 aromatic heterocycles. The minimum Gasteiger partial charge on any atom is -0.378 e. The van der Waals surface area contributed by atoms with Crippen LogP contribution >= 0.6 is 0 Å². The second-order valence-electron chi connectivity index (χ2n) is 4.22.